The van der Waals surface area contributed by atoms with E-state index in [9.17, 15) is 34.8 Å². The largest absolute Gasteiger partial charge is 0.508 e. The van der Waals surface area contributed by atoms with E-state index in [1.54, 1.807) is 23.4 Å². The number of ether oxygens (including phenoxy) is 3. The van der Waals surface area contributed by atoms with E-state index in [1.165, 1.54) is 36.6 Å². The van der Waals surface area contributed by atoms with E-state index in [0.29, 0.717) is 17.0 Å². The van der Waals surface area contributed by atoms with Gasteiger partial charge in [0.1, 0.15) is 48.3 Å². The zero-order valence-electron chi connectivity index (χ0n) is 33.2. The van der Waals surface area contributed by atoms with E-state index in [0.717, 1.165) is 54.4 Å². The van der Waals surface area contributed by atoms with E-state index < -0.39 is 55.2 Å². The maximum atomic E-state index is 13.5. The first-order valence-electron chi connectivity index (χ1n) is 20.1. The van der Waals surface area contributed by atoms with E-state index in [1.807, 2.05) is 38.1 Å². The van der Waals surface area contributed by atoms with Crippen LogP contribution in [0, 0.1) is 19.8 Å². The number of carbonyl (C=O) groups is 2. The number of nitrogens with one attached hydrogen (secondary N) is 1. The maximum Gasteiger partial charge on any atom is 0.321 e. The Kier molecular flexibility index (Phi) is 11.9. The lowest BCUT2D eigenvalue weighted by Crippen LogP contribution is -2.62. The Morgan fingerprint density at radius 2 is 1.72 bits per heavy atom. The monoisotopic (exact) mass is 821 g/mol. The first-order valence-corrected chi connectivity index (χ1v) is 20.1. The number of fused-ring (bicyclic) bond motifs is 2. The molecule has 4 aromatic rings. The number of hydrogen-bond donors (Lipinski definition) is 5. The summed E-state index contributed by atoms with van der Waals surface area (Å²) in [6.07, 6.45) is 2.27. The molecule has 0 amide bonds. The van der Waals surface area contributed by atoms with Crippen molar-refractivity contribution in [3.05, 3.63) is 111 Å². The summed E-state index contributed by atoms with van der Waals surface area (Å²) in [5.41, 5.74) is 5.75. The molecular weight excluding hydrogens is 775 g/mol. The Morgan fingerprint density at radius 1 is 0.967 bits per heavy atom. The number of carboxylic acid groups (broad SMARTS) is 1. The topological polar surface area (TPSA) is 210 Å². The van der Waals surface area contributed by atoms with Gasteiger partial charge in [0.05, 0.1) is 28.9 Å². The van der Waals surface area contributed by atoms with Gasteiger partial charge in [-0.2, -0.15) is 0 Å². The molecule has 1 saturated heterocycles. The second kappa shape index (κ2) is 17.4. The minimum absolute atomic E-state index is 0.0545. The number of aliphatic hydroxyl groups excluding tert-OH is 2. The number of benzene rings is 3. The van der Waals surface area contributed by atoms with Gasteiger partial charge in [-0.1, -0.05) is 48.6 Å². The number of carboxylic acids is 1. The first-order chi connectivity index (χ1) is 28.9. The summed E-state index contributed by atoms with van der Waals surface area (Å²) in [5.74, 6) is -3.68. The van der Waals surface area contributed by atoms with Gasteiger partial charge in [0.2, 0.25) is 6.29 Å². The van der Waals surface area contributed by atoms with Crippen LogP contribution in [0.5, 0.6) is 11.5 Å². The van der Waals surface area contributed by atoms with Crippen molar-refractivity contribution in [3.8, 4) is 22.6 Å². The van der Waals surface area contributed by atoms with Crippen LogP contribution >= 0.6 is 0 Å². The molecule has 8 rings (SSSR count). The Balaban J connectivity index is 1.06. The Bertz CT molecular complexity index is 2400. The molecular formula is C45H47N3O12. The number of nitrogens with zero attached hydrogens (tertiary/aromatic N) is 2. The number of aromatic hydroxyl groups is 1. The summed E-state index contributed by atoms with van der Waals surface area (Å²) in [6.45, 7) is 3.48. The lowest BCUT2D eigenvalue weighted by Gasteiger charge is -2.43. The van der Waals surface area contributed by atoms with Crippen LogP contribution in [0.2, 0.25) is 0 Å². The van der Waals surface area contributed by atoms with Gasteiger partial charge < -0.3 is 44.4 Å². The molecule has 0 bridgehead atoms. The highest BCUT2D eigenvalue weighted by atomic mass is 16.8. The number of hydroxylamine groups is 2. The van der Waals surface area contributed by atoms with Crippen molar-refractivity contribution in [1.82, 2.24) is 10.4 Å². The number of aryl methyl sites for hydroxylation is 2. The average molecular weight is 822 g/mol. The Morgan fingerprint density at radius 3 is 2.45 bits per heavy atom. The van der Waals surface area contributed by atoms with E-state index in [-0.39, 0.29) is 52.6 Å². The molecule has 15 heteroatoms. The van der Waals surface area contributed by atoms with Gasteiger partial charge in [-0.15, -0.1) is 0 Å². The van der Waals surface area contributed by atoms with Crippen molar-refractivity contribution < 1.29 is 53.5 Å². The van der Waals surface area contributed by atoms with Crippen molar-refractivity contribution in [2.24, 2.45) is 10.9 Å². The van der Waals surface area contributed by atoms with Crippen LogP contribution in [-0.2, 0) is 23.9 Å². The molecule has 1 aromatic heterocycles. The molecule has 4 aliphatic rings. The number of phenolic OH excluding ortho intramolecular Hbond substituents is 1. The number of rotatable bonds is 13. The minimum atomic E-state index is -1.68. The predicted octanol–water partition coefficient (Wildman–Crippen LogP) is 4.77. The standard InChI is InChI=1S/C45H47N3O12/c1-24-16-25(2)18-28(17-24)38-37-27(14-15-46-37)21-48(38)60-42-41(52)40(51)36(23-57-44(55)33(43(53)54)20-47-29-6-4-3-5-7-29)59-45(42)58-31-12-13-32-35(19-31)56-22-34(39(32)50)26-8-10-30(49)11-9-26/h8-19,22,29,33,36,40-42,45,47,49,51-52H,3-7,20-21,23H2,1-2H3,(H,53,54). The van der Waals surface area contributed by atoms with Gasteiger partial charge in [0.25, 0.3) is 0 Å². The zero-order valence-corrected chi connectivity index (χ0v) is 33.2. The van der Waals surface area contributed by atoms with Crippen molar-refractivity contribution in [2.75, 3.05) is 19.7 Å². The summed E-state index contributed by atoms with van der Waals surface area (Å²) in [5, 5.41) is 47.9. The fourth-order valence-electron chi connectivity index (χ4n) is 8.22. The summed E-state index contributed by atoms with van der Waals surface area (Å²) in [4.78, 5) is 50.0. The average Bonchev–Trinajstić information content (AvgIpc) is 3.82. The summed E-state index contributed by atoms with van der Waals surface area (Å²) >= 11 is 0. The van der Waals surface area contributed by atoms with Crippen LogP contribution < -0.4 is 15.5 Å². The number of phenols is 1. The van der Waals surface area contributed by atoms with Crippen LogP contribution in [-0.4, -0.2) is 100 Å². The SMILES string of the molecule is Cc1cc(C)cc(C2=C3N=CC=C3CN2OC2C(Oc3ccc4c(=O)c(-c5ccc(O)cc5)coc4c3)OC(COC(=O)C(CNC3CCCCC3)C(=O)O)C(O)C2O)c1. The third kappa shape index (κ3) is 8.58. The van der Waals surface area contributed by atoms with Gasteiger partial charge in [-0.3, -0.25) is 24.2 Å². The highest BCUT2D eigenvalue weighted by Crippen LogP contribution is 2.40. The van der Waals surface area contributed by atoms with Crippen LogP contribution in [0.15, 0.2) is 98.5 Å². The van der Waals surface area contributed by atoms with Gasteiger partial charge in [-0.25, -0.2) is 5.06 Å². The number of hydrogen-bond acceptors (Lipinski definition) is 14. The van der Waals surface area contributed by atoms with E-state index in [2.05, 4.69) is 10.3 Å². The molecule has 1 saturated carbocycles. The molecule has 3 aliphatic heterocycles. The van der Waals surface area contributed by atoms with Crippen molar-refractivity contribution >= 4 is 34.8 Å². The number of aliphatic imine (C=N–C) groups is 1. The number of allylic oxidation sites excluding steroid dienone is 1. The van der Waals surface area contributed by atoms with Gasteiger partial charge in [0.15, 0.2) is 17.5 Å². The van der Waals surface area contributed by atoms with Crippen molar-refractivity contribution in [3.63, 3.8) is 0 Å². The Labute approximate surface area is 345 Å². The zero-order chi connectivity index (χ0) is 42.1. The van der Waals surface area contributed by atoms with Crippen LogP contribution in [0.4, 0.5) is 0 Å². The maximum absolute atomic E-state index is 13.5. The number of aliphatic hydroxyl groups is 2. The summed E-state index contributed by atoms with van der Waals surface area (Å²) in [6, 6.07) is 16.8. The molecule has 2 fully saturated rings. The third-order valence-electron chi connectivity index (χ3n) is 11.3. The fraction of sp³-hybridized carbons (Fsp3) is 0.378. The molecule has 15 nitrogen and oxygen atoms in total. The smallest absolute Gasteiger partial charge is 0.321 e. The molecule has 1 aliphatic carbocycles. The molecule has 3 aromatic carbocycles. The molecule has 0 radical (unpaired) electrons. The summed E-state index contributed by atoms with van der Waals surface area (Å²) < 4.78 is 23.9. The number of aliphatic carboxylic acids is 1. The van der Waals surface area contributed by atoms with E-state index >= 15 is 0 Å². The van der Waals surface area contributed by atoms with Crippen molar-refractivity contribution in [2.45, 2.75) is 82.7 Å². The molecule has 6 unspecified atom stereocenters. The van der Waals surface area contributed by atoms with Gasteiger partial charge in [-0.05, 0) is 74.7 Å². The summed E-state index contributed by atoms with van der Waals surface area (Å²) in [7, 11) is 0. The molecule has 314 valence electrons. The highest BCUT2D eigenvalue weighted by Gasteiger charge is 2.50. The fourth-order valence-corrected chi connectivity index (χ4v) is 8.22. The predicted molar refractivity (Wildman–Crippen MR) is 219 cm³/mol. The second-order valence-corrected chi connectivity index (χ2v) is 15.7. The normalized spacial score (nSPS) is 23.4. The molecule has 6 atom stereocenters. The second-order valence-electron chi connectivity index (χ2n) is 15.7. The Hall–Kier alpha value is -5.84. The van der Waals surface area contributed by atoms with Crippen LogP contribution in [0.3, 0.4) is 0 Å². The lowest BCUT2D eigenvalue weighted by molar-refractivity contribution is -0.323. The lowest BCUT2D eigenvalue weighted by atomic mass is 9.95. The quantitative estimate of drug-likeness (QED) is 0.0910. The van der Waals surface area contributed by atoms with Crippen LogP contribution in [0.1, 0.15) is 48.8 Å². The molecule has 5 N–H and O–H groups in total. The molecule has 4 heterocycles. The van der Waals surface area contributed by atoms with Gasteiger partial charge in [0, 0.05) is 36.0 Å². The number of esters is 1. The van der Waals surface area contributed by atoms with Crippen molar-refractivity contribution in [1.29, 1.82) is 0 Å². The first kappa shape index (κ1) is 40.9. The highest BCUT2D eigenvalue weighted by molar-refractivity contribution is 5.94. The number of carbonyl (C=O) groups excluding carboxylic acids is 1. The van der Waals surface area contributed by atoms with E-state index in [4.69, 9.17) is 23.5 Å². The van der Waals surface area contributed by atoms with Crippen LogP contribution in [0.25, 0.3) is 27.8 Å². The van der Waals surface area contributed by atoms with Gasteiger partial charge >= 0.3 is 11.9 Å². The third-order valence-corrected chi connectivity index (χ3v) is 11.3. The molecule has 60 heavy (non-hydrogen) atoms. The molecule has 0 spiro atoms. The minimum Gasteiger partial charge on any atom is -0.508 e.